The van der Waals surface area contributed by atoms with Gasteiger partial charge in [-0.1, -0.05) is 30.3 Å². The van der Waals surface area contributed by atoms with Crippen molar-refractivity contribution in [2.45, 2.75) is 29.7 Å². The quantitative estimate of drug-likeness (QED) is 0.566. The molecule has 0 radical (unpaired) electrons. The van der Waals surface area contributed by atoms with Crippen LogP contribution in [0.4, 0.5) is 0 Å². The van der Waals surface area contributed by atoms with E-state index < -0.39 is 5.25 Å². The molecular formula is C22H21N3O4S. The van der Waals surface area contributed by atoms with Gasteiger partial charge in [-0.25, -0.2) is 0 Å². The highest BCUT2D eigenvalue weighted by Gasteiger charge is 2.30. The molecule has 2 aliphatic heterocycles. The molecule has 0 unspecified atom stereocenters. The predicted molar refractivity (Wildman–Crippen MR) is 111 cm³/mol. The zero-order valence-corrected chi connectivity index (χ0v) is 17.1. The minimum Gasteiger partial charge on any atom is -0.454 e. The fraction of sp³-hybridized carbons (Fsp3) is 0.318. The number of carbonyl (C=O) groups is 1. The van der Waals surface area contributed by atoms with Crippen LogP contribution < -0.4 is 9.47 Å². The van der Waals surface area contributed by atoms with Gasteiger partial charge in [-0.05, 0) is 54.8 Å². The molecule has 1 saturated heterocycles. The normalized spacial score (nSPS) is 16.5. The van der Waals surface area contributed by atoms with E-state index in [9.17, 15) is 4.79 Å². The molecule has 154 valence electrons. The summed E-state index contributed by atoms with van der Waals surface area (Å²) in [6.07, 6.45) is 3.27. The molecule has 0 saturated carbocycles. The topological polar surface area (TPSA) is 77.7 Å². The van der Waals surface area contributed by atoms with Crippen molar-refractivity contribution in [2.75, 3.05) is 19.9 Å². The zero-order chi connectivity index (χ0) is 20.3. The van der Waals surface area contributed by atoms with Gasteiger partial charge < -0.3 is 18.8 Å². The minimum absolute atomic E-state index is 0.0914. The summed E-state index contributed by atoms with van der Waals surface area (Å²) in [5.74, 6) is 1.83. The fourth-order valence-electron chi connectivity index (χ4n) is 3.67. The molecule has 1 atom stereocenters. The number of nitrogens with zero attached hydrogens (tertiary/aromatic N) is 3. The number of aromatic nitrogens is 2. The molecule has 1 fully saturated rings. The van der Waals surface area contributed by atoms with Crippen LogP contribution in [0.25, 0.3) is 11.5 Å². The maximum atomic E-state index is 13.3. The number of hydrogen-bond acceptors (Lipinski definition) is 7. The molecule has 30 heavy (non-hydrogen) atoms. The largest absolute Gasteiger partial charge is 0.454 e. The van der Waals surface area contributed by atoms with Gasteiger partial charge in [0, 0.05) is 18.7 Å². The smallest absolute Gasteiger partial charge is 0.277 e. The van der Waals surface area contributed by atoms with Crippen molar-refractivity contribution in [3.8, 4) is 23.0 Å². The highest BCUT2D eigenvalue weighted by atomic mass is 32.2. The maximum Gasteiger partial charge on any atom is 0.277 e. The first kappa shape index (κ1) is 19.0. The molecule has 2 aromatic carbocycles. The van der Waals surface area contributed by atoms with Gasteiger partial charge in [-0.3, -0.25) is 4.79 Å². The molecule has 7 nitrogen and oxygen atoms in total. The Labute approximate surface area is 178 Å². The summed E-state index contributed by atoms with van der Waals surface area (Å²) >= 11 is 1.30. The third kappa shape index (κ3) is 3.87. The lowest BCUT2D eigenvalue weighted by atomic mass is 10.1. The lowest BCUT2D eigenvalue weighted by Crippen LogP contribution is -2.38. The number of fused-ring (bicyclic) bond motifs is 1. The van der Waals surface area contributed by atoms with E-state index >= 15 is 0 Å². The number of likely N-dealkylation sites (tertiary alicyclic amines) is 1. The number of ether oxygens (including phenoxy) is 2. The Morgan fingerprint density at radius 1 is 0.967 bits per heavy atom. The second-order valence-corrected chi connectivity index (χ2v) is 8.29. The van der Waals surface area contributed by atoms with Gasteiger partial charge in [-0.15, -0.1) is 10.2 Å². The maximum absolute atomic E-state index is 13.3. The van der Waals surface area contributed by atoms with Crippen LogP contribution in [0.5, 0.6) is 11.5 Å². The monoisotopic (exact) mass is 423 g/mol. The molecule has 0 aliphatic carbocycles. The van der Waals surface area contributed by atoms with Gasteiger partial charge in [0.25, 0.3) is 5.22 Å². The molecule has 1 aromatic heterocycles. The van der Waals surface area contributed by atoms with Crippen LogP contribution in [0.3, 0.4) is 0 Å². The molecule has 3 heterocycles. The van der Waals surface area contributed by atoms with Crippen LogP contribution in [0.2, 0.25) is 0 Å². The highest BCUT2D eigenvalue weighted by Crippen LogP contribution is 2.39. The lowest BCUT2D eigenvalue weighted by Gasteiger charge is -2.29. The van der Waals surface area contributed by atoms with Crippen molar-refractivity contribution < 1.29 is 18.7 Å². The molecule has 0 bridgehead atoms. The summed E-state index contributed by atoms with van der Waals surface area (Å²) in [5.41, 5.74) is 1.68. The van der Waals surface area contributed by atoms with Crippen LogP contribution >= 0.6 is 11.8 Å². The molecular weight excluding hydrogens is 402 g/mol. The highest BCUT2D eigenvalue weighted by molar-refractivity contribution is 8.00. The van der Waals surface area contributed by atoms with Crippen LogP contribution in [-0.4, -0.2) is 40.9 Å². The Morgan fingerprint density at radius 3 is 2.60 bits per heavy atom. The molecule has 1 amide bonds. The second kappa shape index (κ2) is 8.39. The molecule has 8 heteroatoms. The van der Waals surface area contributed by atoms with Crippen molar-refractivity contribution in [3.63, 3.8) is 0 Å². The summed E-state index contributed by atoms with van der Waals surface area (Å²) in [6.45, 7) is 1.81. The van der Waals surface area contributed by atoms with Crippen molar-refractivity contribution in [1.29, 1.82) is 0 Å². The van der Waals surface area contributed by atoms with Gasteiger partial charge in [-0.2, -0.15) is 0 Å². The Morgan fingerprint density at radius 2 is 1.77 bits per heavy atom. The average Bonchev–Trinajstić information content (AvgIpc) is 3.47. The first-order chi connectivity index (χ1) is 14.8. The Hall–Kier alpha value is -3.00. The number of thioether (sulfide) groups is 1. The van der Waals surface area contributed by atoms with Gasteiger partial charge >= 0.3 is 0 Å². The Bertz CT molecular complexity index is 1030. The van der Waals surface area contributed by atoms with Crippen LogP contribution in [0.15, 0.2) is 58.2 Å². The summed E-state index contributed by atoms with van der Waals surface area (Å²) < 4.78 is 16.7. The minimum atomic E-state index is -0.422. The van der Waals surface area contributed by atoms with E-state index in [2.05, 4.69) is 10.2 Å². The van der Waals surface area contributed by atoms with Crippen LogP contribution in [0, 0.1) is 0 Å². The van der Waals surface area contributed by atoms with Crippen molar-refractivity contribution >= 4 is 17.7 Å². The van der Waals surface area contributed by atoms with Gasteiger partial charge in [0.2, 0.25) is 18.6 Å². The van der Waals surface area contributed by atoms with Gasteiger partial charge in [0.1, 0.15) is 5.25 Å². The van der Waals surface area contributed by atoms with Crippen molar-refractivity contribution in [3.05, 3.63) is 54.1 Å². The number of amides is 1. The standard InChI is InChI=1S/C22H21N3O4S/c26-21(25-11-5-2-6-12-25)19(15-7-3-1-4-8-15)30-22-24-23-20(29-22)16-9-10-17-18(13-16)28-14-27-17/h1,3-4,7-10,13,19H,2,5-6,11-12,14H2/t19-/m0/s1. The van der Waals surface area contributed by atoms with Crippen LogP contribution in [0.1, 0.15) is 30.1 Å². The Balaban J connectivity index is 1.39. The first-order valence-electron chi connectivity index (χ1n) is 10.0. The molecule has 2 aliphatic rings. The van der Waals surface area contributed by atoms with E-state index in [-0.39, 0.29) is 12.7 Å². The summed E-state index contributed by atoms with van der Waals surface area (Å²) in [6, 6.07) is 15.3. The number of hydrogen-bond donors (Lipinski definition) is 0. The number of rotatable bonds is 5. The van der Waals surface area contributed by atoms with Gasteiger partial charge in [0.15, 0.2) is 11.5 Å². The second-order valence-electron chi connectivity index (χ2n) is 7.24. The van der Waals surface area contributed by atoms with E-state index in [0.717, 1.165) is 37.1 Å². The zero-order valence-electron chi connectivity index (χ0n) is 16.3. The molecule has 3 aromatic rings. The summed E-state index contributed by atoms with van der Waals surface area (Å²) in [4.78, 5) is 15.2. The van der Waals surface area contributed by atoms with Crippen molar-refractivity contribution in [1.82, 2.24) is 15.1 Å². The van der Waals surface area contributed by atoms with E-state index in [1.165, 1.54) is 18.2 Å². The third-order valence-electron chi connectivity index (χ3n) is 5.24. The fourth-order valence-corrected chi connectivity index (χ4v) is 4.63. The molecule has 5 rings (SSSR count). The summed E-state index contributed by atoms with van der Waals surface area (Å²) in [7, 11) is 0. The summed E-state index contributed by atoms with van der Waals surface area (Å²) in [5, 5.41) is 8.30. The van der Waals surface area contributed by atoms with Crippen LogP contribution in [-0.2, 0) is 4.79 Å². The Kier molecular flexibility index (Phi) is 5.31. The molecule has 0 spiro atoms. The number of benzene rings is 2. The number of piperidine rings is 1. The van der Waals surface area contributed by atoms with E-state index in [1.54, 1.807) is 0 Å². The van der Waals surface area contributed by atoms with Gasteiger partial charge in [0.05, 0.1) is 0 Å². The SMILES string of the molecule is O=C([C@@H](Sc1nnc(-c2ccc3c(c2)OCO3)o1)c1ccccc1)N1CCCCC1. The third-order valence-corrected chi connectivity index (χ3v) is 6.32. The van der Waals surface area contributed by atoms with Crippen molar-refractivity contribution in [2.24, 2.45) is 0 Å². The predicted octanol–water partition coefficient (Wildman–Crippen LogP) is 4.31. The first-order valence-corrected chi connectivity index (χ1v) is 10.9. The van der Waals surface area contributed by atoms with E-state index in [1.807, 2.05) is 53.4 Å². The molecule has 0 N–H and O–H groups in total. The average molecular weight is 423 g/mol. The number of carbonyl (C=O) groups excluding carboxylic acids is 1. The lowest BCUT2D eigenvalue weighted by molar-refractivity contribution is -0.131. The van der Waals surface area contributed by atoms with E-state index in [0.29, 0.717) is 22.6 Å². The van der Waals surface area contributed by atoms with E-state index in [4.69, 9.17) is 13.9 Å².